The van der Waals surface area contributed by atoms with E-state index in [1.165, 1.54) is 4.90 Å². The second-order valence-electron chi connectivity index (χ2n) is 7.73. The van der Waals surface area contributed by atoms with Gasteiger partial charge in [-0.05, 0) is 42.3 Å². The summed E-state index contributed by atoms with van der Waals surface area (Å²) in [4.78, 5) is 28.4. The summed E-state index contributed by atoms with van der Waals surface area (Å²) < 4.78 is 0. The van der Waals surface area contributed by atoms with Crippen molar-refractivity contribution in [2.75, 3.05) is 6.54 Å². The van der Waals surface area contributed by atoms with Crippen LogP contribution in [0.15, 0.2) is 66.7 Å². The van der Waals surface area contributed by atoms with Gasteiger partial charge in [0.1, 0.15) is 6.04 Å². The summed E-state index contributed by atoms with van der Waals surface area (Å²) in [6.45, 7) is 2.33. The third kappa shape index (κ3) is 6.89. The summed E-state index contributed by atoms with van der Waals surface area (Å²) in [6.07, 6.45) is 0.317. The van der Waals surface area contributed by atoms with Gasteiger partial charge in [0.2, 0.25) is 11.8 Å². The molecule has 0 heterocycles. The maximum atomic E-state index is 13.7. The Bertz CT molecular complexity index is 1130. The van der Waals surface area contributed by atoms with Crippen LogP contribution in [0.2, 0.25) is 20.1 Å². The van der Waals surface area contributed by atoms with Gasteiger partial charge in [-0.15, -0.1) is 0 Å². The number of carbonyl (C=O) groups excluding carboxylic acids is 2. The zero-order chi connectivity index (χ0) is 24.7. The molecule has 4 nitrogen and oxygen atoms in total. The van der Waals surface area contributed by atoms with Crippen LogP contribution in [0.25, 0.3) is 0 Å². The maximum absolute atomic E-state index is 13.7. The first kappa shape index (κ1) is 26.4. The third-order valence-corrected chi connectivity index (χ3v) is 6.66. The highest BCUT2D eigenvalue weighted by atomic mass is 35.5. The van der Waals surface area contributed by atoms with E-state index in [0.29, 0.717) is 44.2 Å². The van der Waals surface area contributed by atoms with Crippen LogP contribution < -0.4 is 5.32 Å². The smallest absolute Gasteiger partial charge is 0.243 e. The van der Waals surface area contributed by atoms with Crippen molar-refractivity contribution in [3.63, 3.8) is 0 Å². The second kappa shape index (κ2) is 12.5. The molecule has 34 heavy (non-hydrogen) atoms. The highest BCUT2D eigenvalue weighted by Gasteiger charge is 2.31. The molecule has 3 aromatic rings. The van der Waals surface area contributed by atoms with Crippen LogP contribution in [0.4, 0.5) is 0 Å². The molecule has 0 fully saturated rings. The molecule has 0 spiro atoms. The van der Waals surface area contributed by atoms with Crippen LogP contribution in [-0.4, -0.2) is 29.3 Å². The molecule has 0 aliphatic heterocycles. The molecular formula is C26H24Cl4N2O2. The van der Waals surface area contributed by atoms with Gasteiger partial charge < -0.3 is 10.2 Å². The van der Waals surface area contributed by atoms with Crippen molar-refractivity contribution < 1.29 is 9.59 Å². The van der Waals surface area contributed by atoms with Gasteiger partial charge in [0, 0.05) is 45.2 Å². The number of halogens is 4. The van der Waals surface area contributed by atoms with Crippen LogP contribution in [0.1, 0.15) is 23.6 Å². The van der Waals surface area contributed by atoms with Gasteiger partial charge in [-0.25, -0.2) is 0 Å². The minimum absolute atomic E-state index is 0.0111. The molecule has 1 N–H and O–H groups in total. The number of rotatable bonds is 9. The van der Waals surface area contributed by atoms with E-state index < -0.39 is 6.04 Å². The first-order valence-electron chi connectivity index (χ1n) is 10.8. The first-order chi connectivity index (χ1) is 16.3. The quantitative estimate of drug-likeness (QED) is 0.333. The summed E-state index contributed by atoms with van der Waals surface area (Å²) in [7, 11) is 0. The van der Waals surface area contributed by atoms with Gasteiger partial charge in [-0.3, -0.25) is 9.59 Å². The van der Waals surface area contributed by atoms with Gasteiger partial charge in [-0.2, -0.15) is 0 Å². The lowest BCUT2D eigenvalue weighted by atomic mass is 10.0. The van der Waals surface area contributed by atoms with E-state index in [-0.39, 0.29) is 24.8 Å². The van der Waals surface area contributed by atoms with Crippen molar-refractivity contribution in [1.29, 1.82) is 0 Å². The Labute approximate surface area is 219 Å². The van der Waals surface area contributed by atoms with Crippen molar-refractivity contribution in [2.45, 2.75) is 32.4 Å². The van der Waals surface area contributed by atoms with E-state index in [1.807, 2.05) is 37.3 Å². The van der Waals surface area contributed by atoms with Crippen molar-refractivity contribution in [3.8, 4) is 0 Å². The van der Waals surface area contributed by atoms with Crippen molar-refractivity contribution in [3.05, 3.63) is 104 Å². The number of amides is 2. The zero-order valence-electron chi connectivity index (χ0n) is 18.5. The number of benzene rings is 3. The molecule has 0 radical (unpaired) electrons. The highest BCUT2D eigenvalue weighted by Crippen LogP contribution is 2.28. The van der Waals surface area contributed by atoms with Crippen LogP contribution in [0.5, 0.6) is 0 Å². The summed E-state index contributed by atoms with van der Waals surface area (Å²) in [6, 6.07) is 18.9. The number of nitrogens with zero attached hydrogens (tertiary/aromatic N) is 1. The van der Waals surface area contributed by atoms with Crippen LogP contribution >= 0.6 is 46.4 Å². The van der Waals surface area contributed by atoms with E-state index in [9.17, 15) is 9.59 Å². The van der Waals surface area contributed by atoms with E-state index in [1.54, 1.807) is 36.4 Å². The van der Waals surface area contributed by atoms with Gasteiger partial charge in [0.05, 0.1) is 6.42 Å². The second-order valence-corrected chi connectivity index (χ2v) is 9.39. The maximum Gasteiger partial charge on any atom is 0.243 e. The molecule has 0 saturated carbocycles. The van der Waals surface area contributed by atoms with Gasteiger partial charge in [0.25, 0.3) is 0 Å². The van der Waals surface area contributed by atoms with E-state index >= 15 is 0 Å². The van der Waals surface area contributed by atoms with E-state index in [4.69, 9.17) is 46.4 Å². The van der Waals surface area contributed by atoms with Crippen LogP contribution in [0, 0.1) is 0 Å². The van der Waals surface area contributed by atoms with Gasteiger partial charge in [0.15, 0.2) is 0 Å². The van der Waals surface area contributed by atoms with Crippen LogP contribution in [-0.2, 0) is 29.0 Å². The molecular weight excluding hydrogens is 514 g/mol. The summed E-state index contributed by atoms with van der Waals surface area (Å²) in [5.74, 6) is -0.544. The molecule has 0 bridgehead atoms. The number of hydrogen-bond acceptors (Lipinski definition) is 2. The predicted molar refractivity (Wildman–Crippen MR) is 140 cm³/mol. The van der Waals surface area contributed by atoms with E-state index in [2.05, 4.69) is 5.32 Å². The number of nitrogens with one attached hydrogen (secondary N) is 1. The Hall–Kier alpha value is -2.24. The van der Waals surface area contributed by atoms with Crippen molar-refractivity contribution >= 4 is 58.2 Å². The molecule has 3 rings (SSSR count). The summed E-state index contributed by atoms with van der Waals surface area (Å²) in [5, 5.41) is 4.56. The Balaban J connectivity index is 2.02. The van der Waals surface area contributed by atoms with E-state index in [0.717, 1.165) is 5.56 Å². The first-order valence-corrected chi connectivity index (χ1v) is 12.3. The molecule has 178 valence electrons. The number of carbonyl (C=O) groups is 2. The summed E-state index contributed by atoms with van der Waals surface area (Å²) >= 11 is 25.2. The Kier molecular flexibility index (Phi) is 9.66. The highest BCUT2D eigenvalue weighted by molar-refractivity contribution is 6.36. The zero-order valence-corrected chi connectivity index (χ0v) is 21.6. The van der Waals surface area contributed by atoms with Gasteiger partial charge in [-0.1, -0.05) is 88.9 Å². The van der Waals surface area contributed by atoms with Crippen molar-refractivity contribution in [2.24, 2.45) is 0 Å². The lowest BCUT2D eigenvalue weighted by molar-refractivity contribution is -0.140. The Morgan fingerprint density at radius 3 is 2.18 bits per heavy atom. The molecule has 3 aromatic carbocycles. The Morgan fingerprint density at radius 2 is 1.56 bits per heavy atom. The lowest BCUT2D eigenvalue weighted by Gasteiger charge is -2.32. The van der Waals surface area contributed by atoms with Gasteiger partial charge >= 0.3 is 0 Å². The fraction of sp³-hybridized carbons (Fsp3) is 0.231. The minimum atomic E-state index is -0.784. The minimum Gasteiger partial charge on any atom is -0.355 e. The van der Waals surface area contributed by atoms with Crippen molar-refractivity contribution in [1.82, 2.24) is 10.2 Å². The fourth-order valence-electron chi connectivity index (χ4n) is 3.63. The third-order valence-electron chi connectivity index (χ3n) is 5.37. The SMILES string of the molecule is CCNC(=O)C(Cc1ccccc1)N(Cc1c(Cl)cccc1Cl)C(=O)Cc1ccc(Cl)cc1Cl. The molecule has 1 unspecified atom stereocenters. The molecule has 0 aromatic heterocycles. The standard InChI is InChI=1S/C26H24Cl4N2O2/c1-2-31-26(34)24(13-17-7-4-3-5-8-17)32(16-20-21(28)9-6-10-22(20)29)25(33)14-18-11-12-19(27)15-23(18)30/h3-12,15,24H,2,13-14,16H2,1H3,(H,31,34). The average molecular weight is 538 g/mol. The number of hydrogen-bond donors (Lipinski definition) is 1. The average Bonchev–Trinajstić information content (AvgIpc) is 2.80. The lowest BCUT2D eigenvalue weighted by Crippen LogP contribution is -2.51. The molecule has 0 aliphatic rings. The predicted octanol–water partition coefficient (Wildman–Crippen LogP) is 6.62. The van der Waals surface area contributed by atoms with Crippen LogP contribution in [0.3, 0.4) is 0 Å². The normalized spacial score (nSPS) is 11.7. The molecule has 8 heteroatoms. The molecule has 0 aliphatic carbocycles. The largest absolute Gasteiger partial charge is 0.355 e. The molecule has 0 saturated heterocycles. The Morgan fingerprint density at radius 1 is 0.882 bits per heavy atom. The summed E-state index contributed by atoms with van der Waals surface area (Å²) in [5.41, 5.74) is 2.11. The topological polar surface area (TPSA) is 49.4 Å². The molecule has 1 atom stereocenters. The number of likely N-dealkylation sites (N-methyl/N-ethyl adjacent to an activating group) is 1. The monoisotopic (exact) mass is 536 g/mol. The fourth-order valence-corrected chi connectivity index (χ4v) is 4.62. The molecule has 2 amide bonds.